The van der Waals surface area contributed by atoms with Gasteiger partial charge in [0.2, 0.25) is 0 Å². The van der Waals surface area contributed by atoms with Crippen LogP contribution in [0, 0.1) is 5.82 Å². The maximum Gasteiger partial charge on any atom is 0.414 e. The van der Waals surface area contributed by atoms with E-state index in [0.717, 1.165) is 29.1 Å². The van der Waals surface area contributed by atoms with Crippen molar-refractivity contribution < 1.29 is 23.8 Å². The van der Waals surface area contributed by atoms with Crippen molar-refractivity contribution in [1.29, 1.82) is 0 Å². The van der Waals surface area contributed by atoms with Crippen molar-refractivity contribution >= 4 is 11.8 Å². The first kappa shape index (κ1) is 20.7. The molecule has 1 aromatic carbocycles. The van der Waals surface area contributed by atoms with Gasteiger partial charge in [-0.2, -0.15) is 5.10 Å². The fourth-order valence-electron chi connectivity index (χ4n) is 3.70. The summed E-state index contributed by atoms with van der Waals surface area (Å²) in [7, 11) is 1.34. The molecule has 0 unspecified atom stereocenters. The van der Waals surface area contributed by atoms with Crippen LogP contribution < -0.4 is 9.64 Å². The van der Waals surface area contributed by atoms with Crippen LogP contribution in [0.2, 0.25) is 0 Å². The predicted molar refractivity (Wildman–Crippen MR) is 109 cm³/mol. The van der Waals surface area contributed by atoms with Crippen LogP contribution in [0.5, 0.6) is 11.8 Å². The van der Waals surface area contributed by atoms with Crippen molar-refractivity contribution in [2.75, 3.05) is 18.6 Å². The number of hydrogen-bond acceptors (Lipinski definition) is 7. The lowest BCUT2D eigenvalue weighted by Crippen LogP contribution is -2.42. The Balaban J connectivity index is 1.85. The zero-order valence-electron chi connectivity index (χ0n) is 17.2. The van der Waals surface area contributed by atoms with Gasteiger partial charge in [-0.1, -0.05) is 0 Å². The average Bonchev–Trinajstić information content (AvgIpc) is 3.23. The molecule has 0 spiro atoms. The Kier molecular flexibility index (Phi) is 5.81. The minimum absolute atomic E-state index is 0.0120. The largest absolute Gasteiger partial charge is 0.452 e. The van der Waals surface area contributed by atoms with Gasteiger partial charge in [0.05, 0.1) is 44.5 Å². The van der Waals surface area contributed by atoms with Crippen molar-refractivity contribution in [3.05, 3.63) is 48.3 Å². The molecule has 2 aromatic heterocycles. The van der Waals surface area contributed by atoms with E-state index in [9.17, 15) is 14.3 Å². The SMILES string of the molecule is COC(=O)N1c2ccc(-c3cnn(CCO)c3)c(Oc3ncc(F)cn3)c2CC[C@@H]1C. The summed E-state index contributed by atoms with van der Waals surface area (Å²) in [5, 5.41) is 13.4. The molecule has 162 valence electrons. The fraction of sp³-hybridized carbons (Fsp3) is 0.333. The molecule has 9 nitrogen and oxygen atoms in total. The van der Waals surface area contributed by atoms with Crippen molar-refractivity contribution in [2.45, 2.75) is 32.4 Å². The van der Waals surface area contributed by atoms with Crippen molar-refractivity contribution in [3.8, 4) is 22.9 Å². The molecule has 0 saturated heterocycles. The number of anilines is 1. The first-order valence-electron chi connectivity index (χ1n) is 9.84. The maximum absolute atomic E-state index is 13.3. The van der Waals surface area contributed by atoms with Crippen LogP contribution in [0.15, 0.2) is 36.9 Å². The van der Waals surface area contributed by atoms with E-state index in [4.69, 9.17) is 9.47 Å². The second-order valence-electron chi connectivity index (χ2n) is 7.17. The normalized spacial score (nSPS) is 15.5. The summed E-state index contributed by atoms with van der Waals surface area (Å²) >= 11 is 0. The van der Waals surface area contributed by atoms with E-state index in [1.807, 2.05) is 19.1 Å². The first-order chi connectivity index (χ1) is 15.0. The smallest absolute Gasteiger partial charge is 0.414 e. The molecule has 4 rings (SSSR count). The Hall–Kier alpha value is -3.53. The number of methoxy groups -OCH3 is 1. The van der Waals surface area contributed by atoms with Crippen LogP contribution in [0.25, 0.3) is 11.1 Å². The highest BCUT2D eigenvalue weighted by atomic mass is 19.1. The van der Waals surface area contributed by atoms with E-state index < -0.39 is 11.9 Å². The average molecular weight is 427 g/mol. The molecule has 31 heavy (non-hydrogen) atoms. The minimum atomic E-state index is -0.571. The van der Waals surface area contributed by atoms with Crippen LogP contribution in [-0.2, 0) is 17.7 Å². The third-order valence-electron chi connectivity index (χ3n) is 5.18. The third kappa shape index (κ3) is 4.06. The summed E-state index contributed by atoms with van der Waals surface area (Å²) in [6.45, 7) is 2.27. The quantitative estimate of drug-likeness (QED) is 0.667. The second kappa shape index (κ2) is 8.68. The van der Waals surface area contributed by atoms with E-state index in [-0.39, 0.29) is 18.7 Å². The van der Waals surface area contributed by atoms with Gasteiger partial charge in [-0.05, 0) is 31.9 Å². The van der Waals surface area contributed by atoms with Gasteiger partial charge in [0.25, 0.3) is 0 Å². The number of carbonyl (C=O) groups is 1. The molecule has 0 saturated carbocycles. The lowest BCUT2D eigenvalue weighted by Gasteiger charge is -2.35. The molecule has 1 N–H and O–H groups in total. The monoisotopic (exact) mass is 427 g/mol. The number of benzene rings is 1. The molecule has 3 heterocycles. The molecule has 3 aromatic rings. The number of amides is 1. The Morgan fingerprint density at radius 1 is 1.29 bits per heavy atom. The topological polar surface area (TPSA) is 103 Å². The number of hydrogen-bond donors (Lipinski definition) is 1. The van der Waals surface area contributed by atoms with Gasteiger partial charge < -0.3 is 14.6 Å². The highest BCUT2D eigenvalue weighted by Gasteiger charge is 2.32. The molecular weight excluding hydrogens is 405 g/mol. The van der Waals surface area contributed by atoms with Crippen LogP contribution in [0.3, 0.4) is 0 Å². The Morgan fingerprint density at radius 3 is 2.77 bits per heavy atom. The number of nitrogens with zero attached hydrogens (tertiary/aromatic N) is 5. The standard InChI is InChI=1S/C21H22FN5O4/c1-13-3-4-17-18(27(13)21(29)30-2)6-5-16(14-9-25-26(12-14)7-8-28)19(17)31-20-23-10-15(22)11-24-20/h5-6,9-13,28H,3-4,7-8H2,1-2H3/t13-/m0/s1. The van der Waals surface area contributed by atoms with Gasteiger partial charge in [-0.15, -0.1) is 0 Å². The number of rotatable bonds is 5. The molecule has 10 heteroatoms. The number of halogens is 1. The Bertz CT molecular complexity index is 1090. The van der Waals surface area contributed by atoms with Crippen molar-refractivity contribution in [3.63, 3.8) is 0 Å². The van der Waals surface area contributed by atoms with Gasteiger partial charge >= 0.3 is 12.1 Å². The van der Waals surface area contributed by atoms with E-state index >= 15 is 0 Å². The van der Waals surface area contributed by atoms with Gasteiger partial charge in [0.1, 0.15) is 5.75 Å². The van der Waals surface area contributed by atoms with Crippen LogP contribution in [0.1, 0.15) is 18.9 Å². The Labute approximate surface area is 178 Å². The second-order valence-corrected chi connectivity index (χ2v) is 7.17. The molecule has 1 aliphatic heterocycles. The summed E-state index contributed by atoms with van der Waals surface area (Å²) in [6, 6.07) is 3.61. The summed E-state index contributed by atoms with van der Waals surface area (Å²) in [5.74, 6) is -0.105. The maximum atomic E-state index is 13.3. The van der Waals surface area contributed by atoms with Crippen molar-refractivity contribution in [1.82, 2.24) is 19.7 Å². The van der Waals surface area contributed by atoms with E-state index in [0.29, 0.717) is 30.8 Å². The van der Waals surface area contributed by atoms with E-state index in [1.54, 1.807) is 22.0 Å². The van der Waals surface area contributed by atoms with E-state index in [1.165, 1.54) is 7.11 Å². The predicted octanol–water partition coefficient (Wildman–Crippen LogP) is 3.17. The number of fused-ring (bicyclic) bond motifs is 1. The number of carbonyl (C=O) groups excluding carboxylic acids is 1. The van der Waals surface area contributed by atoms with Crippen LogP contribution >= 0.6 is 0 Å². The molecule has 1 atom stereocenters. The third-order valence-corrected chi connectivity index (χ3v) is 5.18. The molecule has 0 radical (unpaired) electrons. The van der Waals surface area contributed by atoms with E-state index in [2.05, 4.69) is 15.1 Å². The molecule has 0 aliphatic carbocycles. The molecule has 0 fully saturated rings. The van der Waals surface area contributed by atoms with Gasteiger partial charge in [0.15, 0.2) is 5.82 Å². The van der Waals surface area contributed by atoms with Crippen LogP contribution in [0.4, 0.5) is 14.9 Å². The summed E-state index contributed by atoms with van der Waals surface area (Å²) in [6.07, 6.45) is 6.41. The summed E-state index contributed by atoms with van der Waals surface area (Å²) in [5.41, 5.74) is 2.95. The highest BCUT2D eigenvalue weighted by Crippen LogP contribution is 2.44. The lowest BCUT2D eigenvalue weighted by atomic mass is 9.92. The van der Waals surface area contributed by atoms with Crippen LogP contribution in [-0.4, -0.2) is 50.7 Å². The minimum Gasteiger partial charge on any atom is -0.452 e. The summed E-state index contributed by atoms with van der Waals surface area (Å²) < 4.78 is 25.9. The zero-order valence-corrected chi connectivity index (χ0v) is 17.2. The number of aliphatic hydroxyl groups is 1. The Morgan fingerprint density at radius 2 is 2.06 bits per heavy atom. The molecular formula is C21H22FN5O4. The molecule has 1 amide bonds. The number of ether oxygens (including phenoxy) is 2. The fourth-order valence-corrected chi connectivity index (χ4v) is 3.70. The molecule has 1 aliphatic rings. The first-order valence-corrected chi connectivity index (χ1v) is 9.84. The lowest BCUT2D eigenvalue weighted by molar-refractivity contribution is 0.175. The van der Waals surface area contributed by atoms with Gasteiger partial charge in [-0.3, -0.25) is 9.58 Å². The number of aromatic nitrogens is 4. The molecule has 0 bridgehead atoms. The zero-order chi connectivity index (χ0) is 22.0. The number of aliphatic hydroxyl groups excluding tert-OH is 1. The van der Waals surface area contributed by atoms with Gasteiger partial charge in [-0.25, -0.2) is 19.2 Å². The highest BCUT2D eigenvalue weighted by molar-refractivity contribution is 5.92. The van der Waals surface area contributed by atoms with Gasteiger partial charge in [0, 0.05) is 28.9 Å². The van der Waals surface area contributed by atoms with Crippen molar-refractivity contribution in [2.24, 2.45) is 0 Å². The summed E-state index contributed by atoms with van der Waals surface area (Å²) in [4.78, 5) is 21.8.